The van der Waals surface area contributed by atoms with Gasteiger partial charge < -0.3 is 10.6 Å². The molecule has 6 heteroatoms. The Balaban J connectivity index is 2.74. The third-order valence-corrected chi connectivity index (χ3v) is 3.11. The highest BCUT2D eigenvalue weighted by Gasteiger charge is 2.36. The molecule has 0 radical (unpaired) electrons. The number of unbranched alkanes of at least 4 members (excludes halogenated alkanes) is 1. The van der Waals surface area contributed by atoms with Crippen molar-refractivity contribution in [1.29, 1.82) is 0 Å². The van der Waals surface area contributed by atoms with Crippen LogP contribution in [-0.2, 0) is 14.4 Å². The Morgan fingerprint density at radius 1 is 1.50 bits per heavy atom. The summed E-state index contributed by atoms with van der Waals surface area (Å²) in [6.45, 7) is 3.74. The molecule has 0 aromatic carbocycles. The Morgan fingerprint density at radius 2 is 2.17 bits per heavy atom. The van der Waals surface area contributed by atoms with E-state index in [1.165, 1.54) is 4.90 Å². The molecule has 1 aliphatic heterocycles. The molecule has 1 fully saturated rings. The molecule has 0 aromatic heterocycles. The number of nitrogens with two attached hydrogens (primary N) is 1. The van der Waals surface area contributed by atoms with E-state index in [0.29, 0.717) is 12.8 Å². The summed E-state index contributed by atoms with van der Waals surface area (Å²) in [6, 6.07) is -1.21. The minimum atomic E-state index is -0.627. The van der Waals surface area contributed by atoms with E-state index >= 15 is 0 Å². The van der Waals surface area contributed by atoms with Crippen LogP contribution < -0.4 is 11.1 Å². The Kier molecular flexibility index (Phi) is 5.27. The summed E-state index contributed by atoms with van der Waals surface area (Å²) >= 11 is 0. The zero-order valence-corrected chi connectivity index (χ0v) is 10.9. The van der Waals surface area contributed by atoms with Crippen LogP contribution >= 0.6 is 0 Å². The van der Waals surface area contributed by atoms with Gasteiger partial charge in [0, 0.05) is 0 Å². The maximum Gasteiger partial charge on any atom is 0.249 e. The number of hydrogen-bond acceptors (Lipinski definition) is 4. The summed E-state index contributed by atoms with van der Waals surface area (Å²) in [5.41, 5.74) is 5.81. The fourth-order valence-electron chi connectivity index (χ4n) is 2.06. The monoisotopic (exact) mass is 255 g/mol. The van der Waals surface area contributed by atoms with Crippen molar-refractivity contribution in [1.82, 2.24) is 10.2 Å². The number of piperazine rings is 1. The SMILES string of the molecule is CCCCC(N)C(=O)N1CC(=O)NC(=O)C1CC. The molecule has 2 unspecified atom stereocenters. The predicted octanol–water partition coefficient (Wildman–Crippen LogP) is -0.232. The van der Waals surface area contributed by atoms with Gasteiger partial charge in [-0.15, -0.1) is 0 Å². The van der Waals surface area contributed by atoms with Gasteiger partial charge in [0.15, 0.2) is 0 Å². The molecule has 3 amide bonds. The van der Waals surface area contributed by atoms with Crippen LogP contribution in [-0.4, -0.2) is 41.2 Å². The minimum absolute atomic E-state index is 0.0805. The molecule has 0 aromatic rings. The van der Waals surface area contributed by atoms with Gasteiger partial charge in [0.1, 0.15) is 12.6 Å². The van der Waals surface area contributed by atoms with Gasteiger partial charge in [-0.25, -0.2) is 0 Å². The molecule has 0 spiro atoms. The summed E-state index contributed by atoms with van der Waals surface area (Å²) in [5, 5.41) is 2.23. The molecule has 1 rings (SSSR count). The second-order valence-corrected chi connectivity index (χ2v) is 4.55. The van der Waals surface area contributed by atoms with Crippen molar-refractivity contribution in [3.63, 3.8) is 0 Å². The van der Waals surface area contributed by atoms with Crippen LogP contribution in [0.25, 0.3) is 0 Å². The number of carbonyl (C=O) groups excluding carboxylic acids is 3. The van der Waals surface area contributed by atoms with Gasteiger partial charge in [-0.2, -0.15) is 0 Å². The summed E-state index contributed by atoms with van der Waals surface area (Å²) < 4.78 is 0. The summed E-state index contributed by atoms with van der Waals surface area (Å²) in [6.07, 6.45) is 2.87. The third-order valence-electron chi connectivity index (χ3n) is 3.11. The van der Waals surface area contributed by atoms with Crippen molar-refractivity contribution in [2.45, 2.75) is 51.6 Å². The van der Waals surface area contributed by atoms with Crippen LogP contribution in [0.2, 0.25) is 0 Å². The van der Waals surface area contributed by atoms with E-state index in [1.54, 1.807) is 6.92 Å². The number of carbonyl (C=O) groups is 3. The second-order valence-electron chi connectivity index (χ2n) is 4.55. The standard InChI is InChI=1S/C12H21N3O3/c1-3-5-6-8(13)12(18)15-7-10(16)14-11(17)9(15)4-2/h8-9H,3-7,13H2,1-2H3,(H,14,16,17). The van der Waals surface area contributed by atoms with Gasteiger partial charge >= 0.3 is 0 Å². The molecular formula is C12H21N3O3. The fraction of sp³-hybridized carbons (Fsp3) is 0.750. The van der Waals surface area contributed by atoms with Crippen molar-refractivity contribution in [2.75, 3.05) is 6.54 Å². The normalized spacial score (nSPS) is 21.7. The number of nitrogens with zero attached hydrogens (tertiary/aromatic N) is 1. The third kappa shape index (κ3) is 3.29. The van der Waals surface area contributed by atoms with E-state index in [2.05, 4.69) is 5.32 Å². The number of hydrogen-bond donors (Lipinski definition) is 2. The Labute approximate surface area is 107 Å². The van der Waals surface area contributed by atoms with Crippen molar-refractivity contribution >= 4 is 17.7 Å². The second kappa shape index (κ2) is 6.49. The van der Waals surface area contributed by atoms with Gasteiger partial charge in [-0.1, -0.05) is 26.7 Å². The molecule has 6 nitrogen and oxygen atoms in total. The Morgan fingerprint density at radius 3 is 2.72 bits per heavy atom. The number of rotatable bonds is 5. The van der Waals surface area contributed by atoms with Gasteiger partial charge in [-0.3, -0.25) is 19.7 Å². The Hall–Kier alpha value is -1.43. The first-order chi connectivity index (χ1) is 8.51. The first kappa shape index (κ1) is 14.6. The molecule has 0 aliphatic carbocycles. The van der Waals surface area contributed by atoms with Crippen LogP contribution in [0.15, 0.2) is 0 Å². The van der Waals surface area contributed by atoms with Crippen LogP contribution in [0.5, 0.6) is 0 Å². The molecule has 102 valence electrons. The summed E-state index contributed by atoms with van der Waals surface area (Å²) in [5.74, 6) is -1.16. The number of amides is 3. The van der Waals surface area contributed by atoms with E-state index in [1.807, 2.05) is 6.92 Å². The van der Waals surface area contributed by atoms with Crippen LogP contribution in [0, 0.1) is 0 Å². The molecule has 1 saturated heterocycles. The van der Waals surface area contributed by atoms with Crippen molar-refractivity contribution < 1.29 is 14.4 Å². The topological polar surface area (TPSA) is 92.5 Å². The highest BCUT2D eigenvalue weighted by atomic mass is 16.2. The lowest BCUT2D eigenvalue weighted by molar-refractivity contribution is -0.150. The molecule has 2 atom stereocenters. The lowest BCUT2D eigenvalue weighted by atomic mass is 10.0. The fourth-order valence-corrected chi connectivity index (χ4v) is 2.06. The smallest absolute Gasteiger partial charge is 0.249 e. The molecule has 0 bridgehead atoms. The zero-order chi connectivity index (χ0) is 13.7. The highest BCUT2D eigenvalue weighted by Crippen LogP contribution is 2.12. The van der Waals surface area contributed by atoms with Gasteiger partial charge in [0.2, 0.25) is 17.7 Å². The predicted molar refractivity (Wildman–Crippen MR) is 66.4 cm³/mol. The van der Waals surface area contributed by atoms with Crippen LogP contribution in [0.4, 0.5) is 0 Å². The van der Waals surface area contributed by atoms with Gasteiger partial charge in [0.05, 0.1) is 6.04 Å². The molecule has 3 N–H and O–H groups in total. The molecule has 18 heavy (non-hydrogen) atoms. The number of nitrogens with one attached hydrogen (secondary N) is 1. The largest absolute Gasteiger partial charge is 0.320 e. The van der Waals surface area contributed by atoms with Crippen LogP contribution in [0.1, 0.15) is 39.5 Å². The minimum Gasteiger partial charge on any atom is -0.320 e. The first-order valence-electron chi connectivity index (χ1n) is 6.41. The van der Waals surface area contributed by atoms with Crippen LogP contribution in [0.3, 0.4) is 0 Å². The number of imide groups is 1. The zero-order valence-electron chi connectivity index (χ0n) is 10.9. The average Bonchev–Trinajstić information content (AvgIpc) is 2.34. The average molecular weight is 255 g/mol. The maximum atomic E-state index is 12.1. The summed E-state index contributed by atoms with van der Waals surface area (Å²) in [7, 11) is 0. The van der Waals surface area contributed by atoms with Crippen molar-refractivity contribution in [2.24, 2.45) is 5.73 Å². The quantitative estimate of drug-likeness (QED) is 0.664. The van der Waals surface area contributed by atoms with E-state index in [4.69, 9.17) is 5.73 Å². The van der Waals surface area contributed by atoms with Gasteiger partial charge in [0.25, 0.3) is 0 Å². The lowest BCUT2D eigenvalue weighted by Gasteiger charge is -2.34. The first-order valence-corrected chi connectivity index (χ1v) is 6.41. The molecule has 0 saturated carbocycles. The molecular weight excluding hydrogens is 234 g/mol. The molecule has 1 heterocycles. The van der Waals surface area contributed by atoms with E-state index in [9.17, 15) is 14.4 Å². The van der Waals surface area contributed by atoms with E-state index in [0.717, 1.165) is 12.8 Å². The maximum absolute atomic E-state index is 12.1. The van der Waals surface area contributed by atoms with E-state index < -0.39 is 23.9 Å². The van der Waals surface area contributed by atoms with Gasteiger partial charge in [-0.05, 0) is 12.8 Å². The highest BCUT2D eigenvalue weighted by molar-refractivity contribution is 6.04. The van der Waals surface area contributed by atoms with Crippen molar-refractivity contribution in [3.05, 3.63) is 0 Å². The lowest BCUT2D eigenvalue weighted by Crippen LogP contribution is -2.62. The van der Waals surface area contributed by atoms with Crippen molar-refractivity contribution in [3.8, 4) is 0 Å². The Bertz CT molecular complexity index is 343. The summed E-state index contributed by atoms with van der Waals surface area (Å²) in [4.78, 5) is 36.4. The van der Waals surface area contributed by atoms with E-state index in [-0.39, 0.29) is 12.5 Å². The molecule has 1 aliphatic rings.